The van der Waals surface area contributed by atoms with E-state index >= 15 is 0 Å². The maximum absolute atomic E-state index is 12.3. The smallest absolute Gasteiger partial charge is 0.339 e. The Morgan fingerprint density at radius 3 is 2.68 bits per heavy atom. The van der Waals surface area contributed by atoms with E-state index in [2.05, 4.69) is 27.9 Å². The van der Waals surface area contributed by atoms with Crippen LogP contribution in [-0.4, -0.2) is 18.0 Å². The van der Waals surface area contributed by atoms with E-state index in [1.165, 1.54) is 0 Å². The molecule has 1 amide bonds. The minimum Gasteiger partial charge on any atom is -0.448 e. The Kier molecular flexibility index (Phi) is 4.15. The summed E-state index contributed by atoms with van der Waals surface area (Å²) in [6, 6.07) is 13.0. The number of carbonyl (C=O) groups is 2. The van der Waals surface area contributed by atoms with Gasteiger partial charge in [0.05, 0.1) is 5.56 Å². The van der Waals surface area contributed by atoms with Gasteiger partial charge in [-0.2, -0.15) is 0 Å². The number of benzene rings is 2. The Labute approximate surface area is 142 Å². The maximum atomic E-state index is 12.3. The number of halogens is 1. The molecule has 0 spiro atoms. The van der Waals surface area contributed by atoms with E-state index < -0.39 is 12.1 Å². The van der Waals surface area contributed by atoms with E-state index in [0.29, 0.717) is 17.7 Å². The topological polar surface area (TPSA) is 55.4 Å². The minimum atomic E-state index is -0.791. The van der Waals surface area contributed by atoms with Crippen LogP contribution >= 0.6 is 22.6 Å². The Hall–Kier alpha value is -1.89. The zero-order valence-corrected chi connectivity index (χ0v) is 14.1. The summed E-state index contributed by atoms with van der Waals surface area (Å²) in [7, 11) is 0. The Bertz CT molecular complexity index is 740. The summed E-state index contributed by atoms with van der Waals surface area (Å²) in [5, 5.41) is 2.79. The monoisotopic (exact) mass is 407 g/mol. The first kappa shape index (κ1) is 15.0. The average Bonchev–Trinajstić information content (AvgIpc) is 2.49. The van der Waals surface area contributed by atoms with E-state index in [0.717, 1.165) is 14.7 Å². The minimum absolute atomic E-state index is 0.304. The molecular weight excluding hydrogens is 393 g/mol. The third kappa shape index (κ3) is 3.14. The molecule has 1 aliphatic rings. The predicted molar refractivity (Wildman–Crippen MR) is 91.9 cm³/mol. The van der Waals surface area contributed by atoms with Gasteiger partial charge >= 0.3 is 5.97 Å². The van der Waals surface area contributed by atoms with Crippen molar-refractivity contribution in [2.45, 2.75) is 19.4 Å². The zero-order chi connectivity index (χ0) is 15.7. The number of esters is 1. The lowest BCUT2D eigenvalue weighted by molar-refractivity contribution is -0.125. The second kappa shape index (κ2) is 6.08. The number of hydrogen-bond donors (Lipinski definition) is 1. The van der Waals surface area contributed by atoms with Gasteiger partial charge in [-0.05, 0) is 65.4 Å². The van der Waals surface area contributed by atoms with Crippen molar-refractivity contribution in [2.75, 3.05) is 5.32 Å². The summed E-state index contributed by atoms with van der Waals surface area (Å²) in [5.74, 6) is -0.745. The lowest BCUT2D eigenvalue weighted by atomic mass is 9.96. The molecule has 0 aromatic heterocycles. The highest BCUT2D eigenvalue weighted by Crippen LogP contribution is 2.23. The molecule has 0 saturated carbocycles. The average molecular weight is 407 g/mol. The molecule has 1 unspecified atom stereocenters. The highest BCUT2D eigenvalue weighted by molar-refractivity contribution is 14.1. The molecule has 3 rings (SSSR count). The van der Waals surface area contributed by atoms with E-state index in [1.54, 1.807) is 6.07 Å². The first-order valence-corrected chi connectivity index (χ1v) is 7.98. The molecular formula is C17H14INO3. The van der Waals surface area contributed by atoms with Crippen molar-refractivity contribution in [3.05, 3.63) is 62.7 Å². The van der Waals surface area contributed by atoms with Crippen LogP contribution in [0.2, 0.25) is 0 Å². The van der Waals surface area contributed by atoms with Crippen LogP contribution in [0.4, 0.5) is 5.69 Å². The third-order valence-corrected chi connectivity index (χ3v) is 4.26. The molecule has 1 aliphatic heterocycles. The van der Waals surface area contributed by atoms with Gasteiger partial charge in [0.1, 0.15) is 0 Å². The number of rotatable bonds is 2. The van der Waals surface area contributed by atoms with Crippen LogP contribution in [0, 0.1) is 10.5 Å². The van der Waals surface area contributed by atoms with Crippen molar-refractivity contribution in [3.8, 4) is 0 Å². The van der Waals surface area contributed by atoms with Gasteiger partial charge in [0.2, 0.25) is 0 Å². The second-order valence-electron chi connectivity index (χ2n) is 5.25. The molecule has 1 N–H and O–H groups in total. The highest BCUT2D eigenvalue weighted by atomic mass is 127. The van der Waals surface area contributed by atoms with Crippen LogP contribution in [0.1, 0.15) is 21.5 Å². The summed E-state index contributed by atoms with van der Waals surface area (Å²) in [6.45, 7) is 1.96. The van der Waals surface area contributed by atoms with Gasteiger partial charge in [0.15, 0.2) is 6.10 Å². The molecule has 1 atom stereocenters. The fraction of sp³-hybridized carbons (Fsp3) is 0.176. The molecule has 22 heavy (non-hydrogen) atoms. The standard InChI is InChI=1S/C17H14INO3/c1-10-2-7-14-11(8-10)9-15(22-17(14)21)16(20)19-13-5-3-12(18)4-6-13/h2-8,15H,9H2,1H3,(H,19,20). The van der Waals surface area contributed by atoms with Gasteiger partial charge in [-0.3, -0.25) is 4.79 Å². The van der Waals surface area contributed by atoms with E-state index in [-0.39, 0.29) is 5.91 Å². The number of aryl methyl sites for hydroxylation is 1. The molecule has 0 aliphatic carbocycles. The number of cyclic esters (lactones) is 1. The van der Waals surface area contributed by atoms with Crippen molar-refractivity contribution < 1.29 is 14.3 Å². The predicted octanol–water partition coefficient (Wildman–Crippen LogP) is 3.32. The van der Waals surface area contributed by atoms with Gasteiger partial charge in [-0.15, -0.1) is 0 Å². The van der Waals surface area contributed by atoms with Crippen molar-refractivity contribution in [3.63, 3.8) is 0 Å². The third-order valence-electron chi connectivity index (χ3n) is 3.54. The summed E-state index contributed by atoms with van der Waals surface area (Å²) in [6.07, 6.45) is -0.389. The van der Waals surface area contributed by atoms with Gasteiger partial charge in [0, 0.05) is 15.7 Å². The Balaban J connectivity index is 1.77. The van der Waals surface area contributed by atoms with Crippen molar-refractivity contribution in [1.29, 1.82) is 0 Å². The van der Waals surface area contributed by atoms with Crippen LogP contribution < -0.4 is 5.32 Å². The number of carbonyl (C=O) groups excluding carboxylic acids is 2. The molecule has 4 nitrogen and oxygen atoms in total. The van der Waals surface area contributed by atoms with E-state index in [4.69, 9.17) is 4.74 Å². The van der Waals surface area contributed by atoms with Crippen molar-refractivity contribution >= 4 is 40.2 Å². The van der Waals surface area contributed by atoms with Gasteiger partial charge in [-0.1, -0.05) is 17.7 Å². The quantitative estimate of drug-likeness (QED) is 0.614. The molecule has 112 valence electrons. The number of hydrogen-bond acceptors (Lipinski definition) is 3. The number of amides is 1. The summed E-state index contributed by atoms with van der Waals surface area (Å²) >= 11 is 2.20. The number of anilines is 1. The van der Waals surface area contributed by atoms with Gasteiger partial charge in [-0.25, -0.2) is 4.79 Å². The largest absolute Gasteiger partial charge is 0.448 e. The van der Waals surface area contributed by atoms with Crippen LogP contribution in [0.5, 0.6) is 0 Å². The normalized spacial score (nSPS) is 16.6. The molecule has 2 aromatic carbocycles. The van der Waals surface area contributed by atoms with Crippen LogP contribution in [0.15, 0.2) is 42.5 Å². The fourth-order valence-electron chi connectivity index (χ4n) is 2.43. The Morgan fingerprint density at radius 2 is 1.95 bits per heavy atom. The summed E-state index contributed by atoms with van der Waals surface area (Å²) in [5.41, 5.74) is 3.16. The van der Waals surface area contributed by atoms with Crippen LogP contribution in [0.3, 0.4) is 0 Å². The zero-order valence-electron chi connectivity index (χ0n) is 11.9. The van der Waals surface area contributed by atoms with Gasteiger partial charge in [0.25, 0.3) is 5.91 Å². The Morgan fingerprint density at radius 1 is 1.23 bits per heavy atom. The van der Waals surface area contributed by atoms with E-state index in [9.17, 15) is 9.59 Å². The first-order chi connectivity index (χ1) is 10.5. The van der Waals surface area contributed by atoms with Crippen LogP contribution in [-0.2, 0) is 16.0 Å². The summed E-state index contributed by atoms with van der Waals surface area (Å²) in [4.78, 5) is 24.3. The first-order valence-electron chi connectivity index (χ1n) is 6.90. The van der Waals surface area contributed by atoms with Crippen LogP contribution in [0.25, 0.3) is 0 Å². The van der Waals surface area contributed by atoms with Crippen molar-refractivity contribution in [1.82, 2.24) is 0 Å². The van der Waals surface area contributed by atoms with Gasteiger partial charge < -0.3 is 10.1 Å². The lowest BCUT2D eigenvalue weighted by Crippen LogP contribution is -2.38. The molecule has 0 saturated heterocycles. The SMILES string of the molecule is Cc1ccc2c(c1)CC(C(=O)Nc1ccc(I)cc1)OC2=O. The molecule has 0 radical (unpaired) electrons. The molecule has 1 heterocycles. The fourth-order valence-corrected chi connectivity index (χ4v) is 2.79. The van der Waals surface area contributed by atoms with Crippen molar-refractivity contribution in [2.24, 2.45) is 0 Å². The number of nitrogens with one attached hydrogen (secondary N) is 1. The highest BCUT2D eigenvalue weighted by Gasteiger charge is 2.31. The second-order valence-corrected chi connectivity index (χ2v) is 6.50. The number of fused-ring (bicyclic) bond motifs is 1. The number of ether oxygens (including phenoxy) is 1. The molecule has 0 fully saturated rings. The molecule has 2 aromatic rings. The summed E-state index contributed by atoms with van der Waals surface area (Å²) < 4.78 is 6.35. The lowest BCUT2D eigenvalue weighted by Gasteiger charge is -2.24. The maximum Gasteiger partial charge on any atom is 0.339 e. The molecule has 5 heteroatoms. The van der Waals surface area contributed by atoms with E-state index in [1.807, 2.05) is 43.3 Å². The molecule has 0 bridgehead atoms.